The molecule has 4 aromatic rings. The minimum atomic E-state index is -3.63. The molecule has 0 saturated heterocycles. The topological polar surface area (TPSA) is 118 Å². The van der Waals surface area contributed by atoms with E-state index in [1.165, 1.54) is 5.38 Å². The van der Waals surface area contributed by atoms with Crippen molar-refractivity contribution in [2.24, 2.45) is 0 Å². The first kappa shape index (κ1) is 24.9. The van der Waals surface area contributed by atoms with Crippen LogP contribution in [-0.2, 0) is 14.6 Å². The van der Waals surface area contributed by atoms with Crippen LogP contribution in [0.15, 0.2) is 65.1 Å². The summed E-state index contributed by atoms with van der Waals surface area (Å²) in [7, 11) is -3.63. The Balaban J connectivity index is 1.67. The number of hydrogen-bond donors (Lipinski definition) is 2. The lowest BCUT2D eigenvalue weighted by molar-refractivity contribution is -0.137. The molecule has 2 aromatic heterocycles. The van der Waals surface area contributed by atoms with Gasteiger partial charge in [-0.3, -0.25) is 9.59 Å². The second kappa shape index (κ2) is 9.80. The van der Waals surface area contributed by atoms with Crippen LogP contribution in [0.1, 0.15) is 41.5 Å². The first-order valence-electron chi connectivity index (χ1n) is 10.6. The van der Waals surface area contributed by atoms with E-state index in [-0.39, 0.29) is 21.2 Å². The molecule has 0 spiro atoms. The summed E-state index contributed by atoms with van der Waals surface area (Å²) in [6.07, 6.45) is 1.43. The summed E-state index contributed by atoms with van der Waals surface area (Å²) in [5.74, 6) is -1.49. The fraction of sp³-hybridized carbons (Fsp3) is 0.208. The number of sulfone groups is 1. The largest absolute Gasteiger partial charge is 0.481 e. The standard InChI is InChI=1S/C24H22ClN3O5S2/c1-14(2)35(32,33)20-12-34-23(22(20)25)24(31)27-16-8-9-17-19(10-16)28(13-26-17)18(11-21(29)30)15-6-4-3-5-7-15/h3-10,12-14,18H,11H2,1-2H3,(H,27,31)(H,29,30). The summed E-state index contributed by atoms with van der Waals surface area (Å²) < 4.78 is 26.8. The van der Waals surface area contributed by atoms with Gasteiger partial charge < -0.3 is 15.0 Å². The zero-order valence-corrected chi connectivity index (χ0v) is 21.2. The Labute approximate surface area is 211 Å². The second-order valence-corrected chi connectivity index (χ2v) is 11.9. The number of anilines is 1. The molecule has 8 nitrogen and oxygen atoms in total. The van der Waals surface area contributed by atoms with E-state index in [2.05, 4.69) is 10.3 Å². The van der Waals surface area contributed by atoms with Crippen LogP contribution < -0.4 is 5.32 Å². The van der Waals surface area contributed by atoms with E-state index in [4.69, 9.17) is 11.6 Å². The molecule has 35 heavy (non-hydrogen) atoms. The summed E-state index contributed by atoms with van der Waals surface area (Å²) in [5.41, 5.74) is 2.52. The fourth-order valence-corrected chi connectivity index (χ4v) is 6.66. The summed E-state index contributed by atoms with van der Waals surface area (Å²) >= 11 is 7.23. The number of carbonyl (C=O) groups excluding carboxylic acids is 1. The van der Waals surface area contributed by atoms with Crippen molar-refractivity contribution >= 4 is 61.4 Å². The lowest BCUT2D eigenvalue weighted by Crippen LogP contribution is -2.15. The van der Waals surface area contributed by atoms with Crippen molar-refractivity contribution < 1.29 is 23.1 Å². The summed E-state index contributed by atoms with van der Waals surface area (Å²) in [4.78, 5) is 28.9. The van der Waals surface area contributed by atoms with Gasteiger partial charge in [0.05, 0.1) is 45.0 Å². The van der Waals surface area contributed by atoms with Crippen molar-refractivity contribution in [3.63, 3.8) is 0 Å². The van der Waals surface area contributed by atoms with Gasteiger partial charge >= 0.3 is 5.97 Å². The monoisotopic (exact) mass is 531 g/mol. The number of amides is 1. The number of halogens is 1. The Morgan fingerprint density at radius 1 is 1.17 bits per heavy atom. The molecule has 1 unspecified atom stereocenters. The van der Waals surface area contributed by atoms with Gasteiger partial charge in [-0.25, -0.2) is 13.4 Å². The molecular formula is C24H22ClN3O5S2. The number of aliphatic carboxylic acids is 1. The van der Waals surface area contributed by atoms with E-state index in [9.17, 15) is 23.1 Å². The van der Waals surface area contributed by atoms with Gasteiger partial charge in [0.25, 0.3) is 5.91 Å². The van der Waals surface area contributed by atoms with E-state index in [0.717, 1.165) is 16.9 Å². The lowest BCUT2D eigenvalue weighted by Gasteiger charge is -2.18. The minimum Gasteiger partial charge on any atom is -0.481 e. The third-order valence-corrected chi connectivity index (χ3v) is 9.47. The van der Waals surface area contributed by atoms with Crippen molar-refractivity contribution in [1.82, 2.24) is 9.55 Å². The zero-order chi connectivity index (χ0) is 25.3. The average Bonchev–Trinajstić information content (AvgIpc) is 3.41. The molecule has 4 rings (SSSR count). The van der Waals surface area contributed by atoms with Gasteiger partial charge in [-0.15, -0.1) is 11.3 Å². The molecule has 0 aliphatic carbocycles. The smallest absolute Gasteiger partial charge is 0.305 e. The van der Waals surface area contributed by atoms with E-state index < -0.39 is 33.0 Å². The normalized spacial score (nSPS) is 12.7. The Bertz CT molecular complexity index is 1510. The highest BCUT2D eigenvalue weighted by molar-refractivity contribution is 7.92. The highest BCUT2D eigenvalue weighted by Crippen LogP contribution is 2.34. The van der Waals surface area contributed by atoms with Crippen LogP contribution in [0.4, 0.5) is 5.69 Å². The number of imidazole rings is 1. The molecule has 182 valence electrons. The van der Waals surface area contributed by atoms with E-state index in [1.807, 2.05) is 30.3 Å². The fourth-order valence-electron chi connectivity index (χ4n) is 3.68. The number of nitrogens with zero attached hydrogens (tertiary/aromatic N) is 2. The molecule has 2 N–H and O–H groups in total. The molecule has 11 heteroatoms. The van der Waals surface area contributed by atoms with Crippen molar-refractivity contribution in [3.05, 3.63) is 75.7 Å². The number of thiophene rings is 1. The first-order valence-corrected chi connectivity index (χ1v) is 13.5. The van der Waals surface area contributed by atoms with E-state index in [0.29, 0.717) is 16.7 Å². The highest BCUT2D eigenvalue weighted by atomic mass is 35.5. The average molecular weight is 532 g/mol. The lowest BCUT2D eigenvalue weighted by atomic mass is 10.0. The predicted molar refractivity (Wildman–Crippen MR) is 136 cm³/mol. The number of benzene rings is 2. The number of carbonyl (C=O) groups is 2. The quantitative estimate of drug-likeness (QED) is 0.320. The summed E-state index contributed by atoms with van der Waals surface area (Å²) in [5, 5.41) is 12.9. The number of carboxylic acids is 1. The molecule has 1 amide bonds. The predicted octanol–water partition coefficient (Wildman–Crippen LogP) is 5.25. The highest BCUT2D eigenvalue weighted by Gasteiger charge is 2.28. The van der Waals surface area contributed by atoms with Crippen molar-refractivity contribution in [3.8, 4) is 0 Å². The summed E-state index contributed by atoms with van der Waals surface area (Å²) in [6.45, 7) is 3.10. The SMILES string of the molecule is CC(C)S(=O)(=O)c1csc(C(=O)Nc2ccc3ncn(C(CC(=O)O)c4ccccc4)c3c2)c1Cl. The third kappa shape index (κ3) is 4.95. The zero-order valence-electron chi connectivity index (χ0n) is 18.8. The Hall–Kier alpha value is -3.21. The number of fused-ring (bicyclic) bond motifs is 1. The van der Waals surface area contributed by atoms with Crippen LogP contribution in [0.3, 0.4) is 0 Å². The number of carboxylic acid groups (broad SMARTS) is 1. The molecule has 0 bridgehead atoms. The van der Waals surface area contributed by atoms with E-state index >= 15 is 0 Å². The van der Waals surface area contributed by atoms with Gasteiger partial charge in [-0.2, -0.15) is 0 Å². The maximum absolute atomic E-state index is 12.9. The minimum absolute atomic E-state index is 0.0581. The van der Waals surface area contributed by atoms with Crippen molar-refractivity contribution in [1.29, 1.82) is 0 Å². The molecule has 0 radical (unpaired) electrons. The van der Waals surface area contributed by atoms with Crippen molar-refractivity contribution in [2.45, 2.75) is 36.5 Å². The van der Waals surface area contributed by atoms with Gasteiger partial charge in [-0.05, 0) is 37.6 Å². The molecule has 2 aromatic carbocycles. The third-order valence-electron chi connectivity index (χ3n) is 5.55. The van der Waals surface area contributed by atoms with Crippen molar-refractivity contribution in [2.75, 3.05) is 5.32 Å². The van der Waals surface area contributed by atoms with Crippen LogP contribution in [0, 0.1) is 0 Å². The van der Waals surface area contributed by atoms with Crippen LogP contribution in [-0.4, -0.2) is 40.2 Å². The number of aromatic nitrogens is 2. The molecule has 2 heterocycles. The van der Waals surface area contributed by atoms with Gasteiger partial charge in [0.2, 0.25) is 0 Å². The van der Waals surface area contributed by atoms with Gasteiger partial charge in [-0.1, -0.05) is 41.9 Å². The van der Waals surface area contributed by atoms with Gasteiger partial charge in [0.1, 0.15) is 4.88 Å². The molecule has 0 fully saturated rings. The first-order chi connectivity index (χ1) is 16.6. The number of hydrogen-bond acceptors (Lipinski definition) is 6. The van der Waals surface area contributed by atoms with Crippen LogP contribution in [0.5, 0.6) is 0 Å². The Morgan fingerprint density at radius 3 is 2.54 bits per heavy atom. The number of nitrogens with one attached hydrogen (secondary N) is 1. The van der Waals surface area contributed by atoms with Crippen LogP contribution in [0.2, 0.25) is 5.02 Å². The van der Waals surface area contributed by atoms with Gasteiger partial charge in [0, 0.05) is 11.1 Å². The van der Waals surface area contributed by atoms with E-state index in [1.54, 1.807) is 42.9 Å². The molecule has 0 saturated carbocycles. The van der Waals surface area contributed by atoms with Crippen LogP contribution >= 0.6 is 22.9 Å². The number of rotatable bonds is 8. The molecular weight excluding hydrogens is 510 g/mol. The Morgan fingerprint density at radius 2 is 1.89 bits per heavy atom. The maximum atomic E-state index is 12.9. The van der Waals surface area contributed by atoms with Crippen LogP contribution in [0.25, 0.3) is 11.0 Å². The molecule has 0 aliphatic heterocycles. The van der Waals surface area contributed by atoms with Gasteiger partial charge in [0.15, 0.2) is 9.84 Å². The molecule has 1 atom stereocenters. The maximum Gasteiger partial charge on any atom is 0.305 e. The summed E-state index contributed by atoms with van der Waals surface area (Å²) in [6, 6.07) is 13.8. The second-order valence-electron chi connectivity index (χ2n) is 8.17. The Kier molecular flexibility index (Phi) is 6.98. The molecule has 0 aliphatic rings.